The van der Waals surface area contributed by atoms with Gasteiger partial charge in [0, 0.05) is 66.5 Å². The summed E-state index contributed by atoms with van der Waals surface area (Å²) in [7, 11) is 0. The predicted octanol–water partition coefficient (Wildman–Crippen LogP) is 27.9. The standard InChI is InChI=1S/C96H104Br2N8/c1-89(2,3)57-41-53(42-58(49-57)90(4,5)6)81-65-25-29-73(99-65)85(74-30-26-66(100-74)82(54-43-59(91(7,8)9)50-60(44-54)92(10,11)12)70-34-38-78(104-70)87(97)77-37-33-69(81)103-77)86-75-31-27-67(101-75)83(55-45-61(93(13,14)15)51-62(46-55)94(16,17)18)71-35-39-79(105-71)88(98)80-40-36-72(106-80)84(68-28-32-76(86)102-68)56-47-63(95(19,20)21)52-64(48-56)96(22,23)24/h25-52,99,101,104,106H,1-24H3. The summed E-state index contributed by atoms with van der Waals surface area (Å²) in [5, 5.41) is 0. The van der Waals surface area contributed by atoms with Crippen LogP contribution in [0.5, 0.6) is 0 Å². The van der Waals surface area contributed by atoms with Crippen molar-refractivity contribution in [1.82, 2.24) is 39.9 Å². The van der Waals surface area contributed by atoms with E-state index in [0.29, 0.717) is 0 Å². The molecule has 0 spiro atoms. The molecular formula is C96H104Br2N8. The van der Waals surface area contributed by atoms with Crippen LogP contribution in [0.25, 0.3) is 148 Å². The third kappa shape index (κ3) is 14.2. The Labute approximate surface area is 645 Å². The van der Waals surface area contributed by atoms with Crippen molar-refractivity contribution in [1.29, 1.82) is 0 Å². The molecule has 4 aromatic carbocycles. The molecule has 542 valence electrons. The van der Waals surface area contributed by atoms with Crippen LogP contribution in [0.1, 0.15) is 256 Å². The summed E-state index contributed by atoms with van der Waals surface area (Å²) in [5.74, 6) is 0. The van der Waals surface area contributed by atoms with E-state index in [0.717, 1.165) is 154 Å². The van der Waals surface area contributed by atoms with Crippen LogP contribution in [0.2, 0.25) is 0 Å². The fourth-order valence-electron chi connectivity index (χ4n) is 14.6. The van der Waals surface area contributed by atoms with Crippen molar-refractivity contribution < 1.29 is 0 Å². The first kappa shape index (κ1) is 73.9. The van der Waals surface area contributed by atoms with Gasteiger partial charge in [-0.15, -0.1) is 0 Å². The highest BCUT2D eigenvalue weighted by molar-refractivity contribution is 9.11. The minimum Gasteiger partial charge on any atom is -0.354 e. The van der Waals surface area contributed by atoms with Crippen LogP contribution < -0.4 is 0 Å². The van der Waals surface area contributed by atoms with E-state index in [-0.39, 0.29) is 43.3 Å². The normalized spacial score (nSPS) is 13.8. The summed E-state index contributed by atoms with van der Waals surface area (Å²) in [4.78, 5) is 39.7. The second kappa shape index (κ2) is 25.9. The smallest absolute Gasteiger partial charge is 0.0801 e. The van der Waals surface area contributed by atoms with Gasteiger partial charge in [0.25, 0.3) is 0 Å². The Kier molecular flexibility index (Phi) is 18.1. The van der Waals surface area contributed by atoms with Crippen LogP contribution in [0, 0.1) is 0 Å². The number of rotatable bonds is 5. The molecule has 0 aliphatic carbocycles. The van der Waals surface area contributed by atoms with Gasteiger partial charge in [-0.2, -0.15) is 0 Å². The molecule has 16 bridgehead atoms. The largest absolute Gasteiger partial charge is 0.354 e. The molecular weight excluding hydrogens is 1420 g/mol. The highest BCUT2D eigenvalue weighted by Crippen LogP contribution is 2.47. The molecule has 4 N–H and O–H groups in total. The molecule has 14 rings (SSSR count). The quantitative estimate of drug-likeness (QED) is 0.137. The summed E-state index contributed by atoms with van der Waals surface area (Å²) in [6, 6.07) is 46.4. The average Bonchev–Trinajstić information content (AvgIpc) is 1.55. The van der Waals surface area contributed by atoms with Crippen molar-refractivity contribution in [3.63, 3.8) is 0 Å². The molecule has 8 nitrogen and oxygen atoms in total. The first-order chi connectivity index (χ1) is 49.3. The zero-order valence-corrected chi connectivity index (χ0v) is 69.9. The Bertz CT molecular complexity index is 5170. The van der Waals surface area contributed by atoms with Crippen molar-refractivity contribution in [3.05, 3.63) is 220 Å². The molecule has 0 radical (unpaired) electrons. The van der Waals surface area contributed by atoms with Crippen LogP contribution in [-0.2, 0) is 43.3 Å². The van der Waals surface area contributed by atoms with Gasteiger partial charge in [0.15, 0.2) is 0 Å². The van der Waals surface area contributed by atoms with Crippen LogP contribution in [-0.4, -0.2) is 39.9 Å². The van der Waals surface area contributed by atoms with Crippen molar-refractivity contribution in [3.8, 4) is 55.6 Å². The van der Waals surface area contributed by atoms with Crippen molar-refractivity contribution in [2.24, 2.45) is 0 Å². The molecule has 0 amide bonds. The van der Waals surface area contributed by atoms with E-state index in [4.69, 9.17) is 19.9 Å². The molecule has 0 unspecified atom stereocenters. The molecule has 0 saturated heterocycles. The lowest BCUT2D eigenvalue weighted by Crippen LogP contribution is -2.16. The summed E-state index contributed by atoms with van der Waals surface area (Å²) in [6.07, 6.45) is 17.5. The van der Waals surface area contributed by atoms with E-state index in [1.807, 2.05) is 0 Å². The number of benzene rings is 4. The Morgan fingerprint density at radius 1 is 0.198 bits per heavy atom. The number of hydrogen-bond donors (Lipinski definition) is 4. The van der Waals surface area contributed by atoms with Gasteiger partial charge in [0.2, 0.25) is 0 Å². The Morgan fingerprint density at radius 2 is 0.349 bits per heavy atom. The minimum atomic E-state index is -0.160. The number of fused-ring (bicyclic) bond motifs is 16. The van der Waals surface area contributed by atoms with Crippen molar-refractivity contribution >= 4 is 125 Å². The highest BCUT2D eigenvalue weighted by atomic mass is 79.9. The summed E-state index contributed by atoms with van der Waals surface area (Å²) >= 11 is 8.29. The van der Waals surface area contributed by atoms with E-state index in [9.17, 15) is 0 Å². The summed E-state index contributed by atoms with van der Waals surface area (Å²) < 4.78 is 1.73. The third-order valence-corrected chi connectivity index (χ3v) is 23.1. The van der Waals surface area contributed by atoms with Gasteiger partial charge in [-0.05, 0) is 239 Å². The van der Waals surface area contributed by atoms with Gasteiger partial charge < -0.3 is 19.9 Å². The van der Waals surface area contributed by atoms with Gasteiger partial charge in [0.1, 0.15) is 0 Å². The predicted molar refractivity (Wildman–Crippen MR) is 463 cm³/mol. The molecule has 10 heteroatoms. The van der Waals surface area contributed by atoms with Crippen molar-refractivity contribution in [2.45, 2.75) is 209 Å². The Morgan fingerprint density at radius 3 is 0.547 bits per heavy atom. The minimum absolute atomic E-state index is 0.160. The highest BCUT2D eigenvalue weighted by Gasteiger charge is 2.31. The van der Waals surface area contributed by atoms with Crippen LogP contribution in [0.3, 0.4) is 0 Å². The van der Waals surface area contributed by atoms with Gasteiger partial charge in [-0.3, -0.25) is 0 Å². The molecule has 10 aromatic rings. The number of halogens is 2. The average molecular weight is 1530 g/mol. The molecule has 10 heterocycles. The zero-order valence-electron chi connectivity index (χ0n) is 66.7. The van der Waals surface area contributed by atoms with E-state index in [2.05, 4.69) is 388 Å². The van der Waals surface area contributed by atoms with E-state index < -0.39 is 0 Å². The maximum Gasteiger partial charge on any atom is 0.0801 e. The van der Waals surface area contributed by atoms with Crippen LogP contribution in [0.15, 0.2) is 130 Å². The first-order valence-electron chi connectivity index (χ1n) is 37.6. The molecule has 6 aromatic heterocycles. The second-order valence-electron chi connectivity index (χ2n) is 38.1. The zero-order chi connectivity index (χ0) is 76.2. The molecule has 0 atom stereocenters. The third-order valence-electron chi connectivity index (χ3n) is 21.4. The first-order valence-corrected chi connectivity index (χ1v) is 39.2. The number of aromatic nitrogens is 8. The SMILES string of the molecule is CC(C)(C)c1cc(-c2c3nc(c(-c4c5nc(c(-c6cc(C(C)(C)C)cc(C(C)(C)C)c6)c6ccc([nH]6)c(Br)c6nc(c(-c7cc(C(C)(C)C)cc(C(C)(C)C)c7)c7ccc4[nH]7)C=C6)C=C5)c4ccc([nH]4)c(-c4cc(C(C)(C)C)cc(C(C)(C)C)c4)c4nc(c(Br)c5ccc2[nH]5)C=C4)C=C3)cc(C(C)(C)C)c1. The summed E-state index contributed by atoms with van der Waals surface area (Å²) in [5.41, 5.74) is 32.4. The fourth-order valence-corrected chi connectivity index (χ4v) is 15.5. The van der Waals surface area contributed by atoms with Crippen LogP contribution >= 0.6 is 31.9 Å². The number of nitrogens with zero attached hydrogens (tertiary/aromatic N) is 4. The lowest BCUT2D eigenvalue weighted by atomic mass is 9.78. The Hall–Kier alpha value is -8.96. The monoisotopic (exact) mass is 1530 g/mol. The van der Waals surface area contributed by atoms with E-state index in [1.54, 1.807) is 0 Å². The number of nitrogens with one attached hydrogen (secondary N) is 4. The van der Waals surface area contributed by atoms with Crippen LogP contribution in [0.4, 0.5) is 0 Å². The molecule has 0 saturated carbocycles. The van der Waals surface area contributed by atoms with E-state index >= 15 is 0 Å². The summed E-state index contributed by atoms with van der Waals surface area (Å²) in [6.45, 7) is 55.4. The van der Waals surface area contributed by atoms with Gasteiger partial charge in [0.05, 0.1) is 65.5 Å². The topological polar surface area (TPSA) is 115 Å². The molecule has 106 heavy (non-hydrogen) atoms. The second-order valence-corrected chi connectivity index (χ2v) is 39.7. The molecule has 4 aliphatic heterocycles. The van der Waals surface area contributed by atoms with Gasteiger partial charge in [-0.25, -0.2) is 19.9 Å². The van der Waals surface area contributed by atoms with E-state index in [1.165, 1.54) is 44.5 Å². The molecule has 0 fully saturated rings. The lowest BCUT2D eigenvalue weighted by molar-refractivity contribution is 0.568. The number of aromatic amines is 4. The van der Waals surface area contributed by atoms with Gasteiger partial charge in [-0.1, -0.05) is 239 Å². The maximum absolute atomic E-state index is 6.05. The maximum atomic E-state index is 6.05. The van der Waals surface area contributed by atoms with Crippen molar-refractivity contribution in [2.75, 3.05) is 0 Å². The number of H-pyrrole nitrogens is 4. The molecule has 4 aliphatic rings. The Balaban J connectivity index is 1.23. The fraction of sp³-hybridized carbons (Fsp3) is 0.333. The van der Waals surface area contributed by atoms with Gasteiger partial charge >= 0.3 is 0 Å². The lowest BCUT2D eigenvalue weighted by Gasteiger charge is -2.26. The number of hydrogen-bond acceptors (Lipinski definition) is 4.